The lowest BCUT2D eigenvalue weighted by molar-refractivity contribution is 1.21. The number of rotatable bonds is 2. The predicted octanol–water partition coefficient (Wildman–Crippen LogP) is 2.58. The van der Waals surface area contributed by atoms with E-state index in [9.17, 15) is 0 Å². The standard InChI is InChI=1S/C9H9N3S2/c1-6-2-3-8(7(10)4-6)13-9-11-5-12-14-9/h2-5H,10H2,1H3. The maximum atomic E-state index is 5.87. The Labute approximate surface area is 90.5 Å². The third-order valence-electron chi connectivity index (χ3n) is 1.70. The van der Waals surface area contributed by atoms with Crippen molar-refractivity contribution in [2.45, 2.75) is 16.2 Å². The second-order valence-corrected chi connectivity index (χ2v) is 4.92. The molecule has 0 saturated heterocycles. The van der Waals surface area contributed by atoms with Crippen LogP contribution in [0.4, 0.5) is 5.69 Å². The summed E-state index contributed by atoms with van der Waals surface area (Å²) in [4.78, 5) is 5.12. The van der Waals surface area contributed by atoms with Crippen molar-refractivity contribution in [3.8, 4) is 0 Å². The van der Waals surface area contributed by atoms with Gasteiger partial charge in [-0.3, -0.25) is 0 Å². The molecule has 0 fully saturated rings. The second-order valence-electron chi connectivity index (χ2n) is 2.85. The van der Waals surface area contributed by atoms with Gasteiger partial charge < -0.3 is 5.73 Å². The zero-order valence-electron chi connectivity index (χ0n) is 7.60. The molecule has 0 saturated carbocycles. The number of nitrogens with zero attached hydrogens (tertiary/aromatic N) is 2. The van der Waals surface area contributed by atoms with Gasteiger partial charge >= 0.3 is 0 Å². The van der Waals surface area contributed by atoms with Gasteiger partial charge in [0.05, 0.1) is 0 Å². The maximum Gasteiger partial charge on any atom is 0.174 e. The van der Waals surface area contributed by atoms with Crippen LogP contribution in [0.5, 0.6) is 0 Å². The second kappa shape index (κ2) is 3.98. The van der Waals surface area contributed by atoms with Crippen molar-refractivity contribution in [1.29, 1.82) is 0 Å². The summed E-state index contributed by atoms with van der Waals surface area (Å²) in [5.74, 6) is 0. The third kappa shape index (κ3) is 2.05. The summed E-state index contributed by atoms with van der Waals surface area (Å²) in [5, 5.41) is 0. The Morgan fingerprint density at radius 3 is 2.93 bits per heavy atom. The van der Waals surface area contributed by atoms with E-state index in [1.807, 2.05) is 25.1 Å². The first-order chi connectivity index (χ1) is 6.75. The lowest BCUT2D eigenvalue weighted by atomic mass is 10.2. The van der Waals surface area contributed by atoms with Crippen molar-refractivity contribution in [3.05, 3.63) is 30.1 Å². The first-order valence-electron chi connectivity index (χ1n) is 4.06. The number of anilines is 1. The van der Waals surface area contributed by atoms with Gasteiger partial charge in [-0.1, -0.05) is 17.8 Å². The van der Waals surface area contributed by atoms with Crippen LogP contribution in [0.2, 0.25) is 0 Å². The Morgan fingerprint density at radius 2 is 2.29 bits per heavy atom. The van der Waals surface area contributed by atoms with E-state index in [2.05, 4.69) is 9.36 Å². The molecule has 0 radical (unpaired) electrons. The number of nitrogen functional groups attached to an aromatic ring is 1. The normalized spacial score (nSPS) is 10.4. The summed E-state index contributed by atoms with van der Waals surface area (Å²) in [6.07, 6.45) is 1.55. The van der Waals surface area contributed by atoms with Crippen molar-refractivity contribution in [2.75, 3.05) is 5.73 Å². The average Bonchev–Trinajstić information content (AvgIpc) is 2.62. The van der Waals surface area contributed by atoms with Crippen LogP contribution in [0.3, 0.4) is 0 Å². The molecule has 0 aliphatic rings. The van der Waals surface area contributed by atoms with Gasteiger partial charge in [0.25, 0.3) is 0 Å². The molecule has 0 unspecified atom stereocenters. The third-order valence-corrected chi connectivity index (χ3v) is 3.51. The van der Waals surface area contributed by atoms with Crippen LogP contribution >= 0.6 is 23.3 Å². The van der Waals surface area contributed by atoms with Crippen molar-refractivity contribution in [1.82, 2.24) is 9.36 Å². The SMILES string of the molecule is Cc1ccc(Sc2ncns2)c(N)c1. The summed E-state index contributed by atoms with van der Waals surface area (Å²) in [6.45, 7) is 2.02. The van der Waals surface area contributed by atoms with Gasteiger partial charge in [0, 0.05) is 10.6 Å². The molecule has 1 aromatic heterocycles. The molecule has 0 bridgehead atoms. The Balaban J connectivity index is 2.25. The van der Waals surface area contributed by atoms with Crippen molar-refractivity contribution < 1.29 is 0 Å². The number of hydrogen-bond donors (Lipinski definition) is 1. The number of aromatic nitrogens is 2. The summed E-state index contributed by atoms with van der Waals surface area (Å²) in [6, 6.07) is 6.01. The minimum absolute atomic E-state index is 0.796. The highest BCUT2D eigenvalue weighted by molar-refractivity contribution is 8.01. The Bertz CT molecular complexity index is 426. The highest BCUT2D eigenvalue weighted by Gasteiger charge is 2.04. The van der Waals surface area contributed by atoms with E-state index in [4.69, 9.17) is 5.73 Å². The first kappa shape index (κ1) is 9.48. The molecule has 0 aliphatic heterocycles. The van der Waals surface area contributed by atoms with Crippen LogP contribution < -0.4 is 5.73 Å². The summed E-state index contributed by atoms with van der Waals surface area (Å²) in [5.41, 5.74) is 7.84. The van der Waals surface area contributed by atoms with Crippen LogP contribution in [-0.2, 0) is 0 Å². The van der Waals surface area contributed by atoms with Crippen LogP contribution in [0.15, 0.2) is 33.8 Å². The predicted molar refractivity (Wildman–Crippen MR) is 59.6 cm³/mol. The van der Waals surface area contributed by atoms with Crippen molar-refractivity contribution in [2.24, 2.45) is 0 Å². The van der Waals surface area contributed by atoms with E-state index in [1.165, 1.54) is 17.1 Å². The van der Waals surface area contributed by atoms with Crippen LogP contribution in [0.1, 0.15) is 5.56 Å². The Kier molecular flexibility index (Phi) is 2.69. The van der Waals surface area contributed by atoms with Crippen LogP contribution in [0, 0.1) is 6.92 Å². The number of hydrogen-bond acceptors (Lipinski definition) is 5. The quantitative estimate of drug-likeness (QED) is 0.795. The molecule has 0 spiro atoms. The molecule has 5 heteroatoms. The molecular weight excluding hydrogens is 214 g/mol. The minimum Gasteiger partial charge on any atom is -0.398 e. The first-order valence-corrected chi connectivity index (χ1v) is 5.65. The Hall–Kier alpha value is -1.07. The molecule has 0 aliphatic carbocycles. The molecule has 14 heavy (non-hydrogen) atoms. The van der Waals surface area contributed by atoms with Gasteiger partial charge in [-0.25, -0.2) is 4.98 Å². The van der Waals surface area contributed by atoms with E-state index < -0.39 is 0 Å². The number of aryl methyl sites for hydroxylation is 1. The molecule has 2 rings (SSSR count). The van der Waals surface area contributed by atoms with E-state index in [0.29, 0.717) is 0 Å². The molecule has 0 atom stereocenters. The molecule has 2 N–H and O–H groups in total. The summed E-state index contributed by atoms with van der Waals surface area (Å²) in [7, 11) is 0. The largest absolute Gasteiger partial charge is 0.398 e. The fourth-order valence-corrected chi connectivity index (χ4v) is 2.49. The summed E-state index contributed by atoms with van der Waals surface area (Å²) >= 11 is 2.93. The summed E-state index contributed by atoms with van der Waals surface area (Å²) < 4.78 is 4.85. The number of benzene rings is 1. The van der Waals surface area contributed by atoms with E-state index in [-0.39, 0.29) is 0 Å². The zero-order chi connectivity index (χ0) is 9.97. The Morgan fingerprint density at radius 1 is 1.43 bits per heavy atom. The lowest BCUT2D eigenvalue weighted by Gasteiger charge is -2.02. The number of nitrogens with two attached hydrogens (primary N) is 1. The van der Waals surface area contributed by atoms with Gasteiger partial charge in [-0.05, 0) is 36.2 Å². The van der Waals surface area contributed by atoms with E-state index in [1.54, 1.807) is 18.1 Å². The van der Waals surface area contributed by atoms with Crippen molar-refractivity contribution in [3.63, 3.8) is 0 Å². The average molecular weight is 223 g/mol. The molecule has 1 aromatic carbocycles. The lowest BCUT2D eigenvalue weighted by Crippen LogP contribution is -1.88. The monoisotopic (exact) mass is 223 g/mol. The molecule has 0 amide bonds. The minimum atomic E-state index is 0.796. The van der Waals surface area contributed by atoms with Crippen LogP contribution in [-0.4, -0.2) is 9.36 Å². The van der Waals surface area contributed by atoms with Crippen LogP contribution in [0.25, 0.3) is 0 Å². The molecule has 3 nitrogen and oxygen atoms in total. The molecule has 72 valence electrons. The molecule has 1 heterocycles. The smallest absolute Gasteiger partial charge is 0.174 e. The topological polar surface area (TPSA) is 51.8 Å². The van der Waals surface area contributed by atoms with Gasteiger partial charge in [-0.2, -0.15) is 4.37 Å². The van der Waals surface area contributed by atoms with Gasteiger partial charge in [0.1, 0.15) is 6.33 Å². The fourth-order valence-electron chi connectivity index (χ4n) is 1.06. The molecule has 2 aromatic rings. The maximum absolute atomic E-state index is 5.87. The van der Waals surface area contributed by atoms with Crippen molar-refractivity contribution >= 4 is 29.0 Å². The fraction of sp³-hybridized carbons (Fsp3) is 0.111. The van der Waals surface area contributed by atoms with E-state index in [0.717, 1.165) is 14.9 Å². The van der Waals surface area contributed by atoms with Gasteiger partial charge in [0.15, 0.2) is 4.34 Å². The highest BCUT2D eigenvalue weighted by atomic mass is 32.2. The highest BCUT2D eigenvalue weighted by Crippen LogP contribution is 2.32. The van der Waals surface area contributed by atoms with E-state index >= 15 is 0 Å². The molecular formula is C9H9N3S2. The van der Waals surface area contributed by atoms with Gasteiger partial charge in [-0.15, -0.1) is 0 Å². The van der Waals surface area contributed by atoms with Gasteiger partial charge in [0.2, 0.25) is 0 Å². The zero-order valence-corrected chi connectivity index (χ0v) is 9.23.